The number of anilines is 1. The standard InChI is InChI=1S/C12H14F3N3O3/c13-12(14,15)21-10-7-8(1-2-9(10)17-20)11(19)18-5-3-16-4-6-18/h1-2,7,16-17,20H,3-6H2. The number of hydrogen-bond donors (Lipinski definition) is 3. The number of benzene rings is 1. The molecule has 1 aliphatic rings. The Morgan fingerprint density at radius 3 is 2.57 bits per heavy atom. The van der Waals surface area contributed by atoms with Crippen LogP contribution in [-0.4, -0.2) is 48.6 Å². The fourth-order valence-electron chi connectivity index (χ4n) is 2.01. The van der Waals surface area contributed by atoms with Crippen molar-refractivity contribution in [3.63, 3.8) is 0 Å². The lowest BCUT2D eigenvalue weighted by atomic mass is 10.1. The van der Waals surface area contributed by atoms with E-state index in [9.17, 15) is 18.0 Å². The van der Waals surface area contributed by atoms with Crippen molar-refractivity contribution in [3.05, 3.63) is 23.8 Å². The molecule has 0 radical (unpaired) electrons. The second-order valence-corrected chi connectivity index (χ2v) is 4.41. The summed E-state index contributed by atoms with van der Waals surface area (Å²) in [6.45, 7) is 2.23. The molecule has 9 heteroatoms. The van der Waals surface area contributed by atoms with Crippen LogP contribution >= 0.6 is 0 Å². The van der Waals surface area contributed by atoms with E-state index in [2.05, 4.69) is 10.1 Å². The van der Waals surface area contributed by atoms with Crippen molar-refractivity contribution in [2.45, 2.75) is 6.36 Å². The van der Waals surface area contributed by atoms with Gasteiger partial charge in [0.1, 0.15) is 5.69 Å². The molecule has 1 saturated heterocycles. The van der Waals surface area contributed by atoms with Crippen molar-refractivity contribution in [1.82, 2.24) is 10.2 Å². The Bertz CT molecular complexity index is 516. The number of nitrogens with zero attached hydrogens (tertiary/aromatic N) is 1. The zero-order valence-electron chi connectivity index (χ0n) is 10.9. The quantitative estimate of drug-likeness (QED) is 0.737. The van der Waals surface area contributed by atoms with Gasteiger partial charge in [-0.05, 0) is 18.2 Å². The molecule has 0 aromatic heterocycles. The molecule has 2 rings (SSSR count). The third kappa shape index (κ3) is 3.99. The van der Waals surface area contributed by atoms with E-state index in [1.54, 1.807) is 5.48 Å². The summed E-state index contributed by atoms with van der Waals surface area (Å²) in [4.78, 5) is 13.7. The van der Waals surface area contributed by atoms with E-state index >= 15 is 0 Å². The summed E-state index contributed by atoms with van der Waals surface area (Å²) < 4.78 is 40.7. The zero-order valence-corrected chi connectivity index (χ0v) is 10.9. The number of hydrogen-bond acceptors (Lipinski definition) is 5. The first-order valence-electron chi connectivity index (χ1n) is 6.20. The van der Waals surface area contributed by atoms with Gasteiger partial charge in [-0.2, -0.15) is 0 Å². The van der Waals surface area contributed by atoms with Crippen LogP contribution in [0.25, 0.3) is 0 Å². The van der Waals surface area contributed by atoms with Crippen molar-refractivity contribution >= 4 is 11.6 Å². The lowest BCUT2D eigenvalue weighted by molar-refractivity contribution is -0.274. The smallest absolute Gasteiger partial charge is 0.403 e. The van der Waals surface area contributed by atoms with Gasteiger partial charge in [0.15, 0.2) is 5.75 Å². The third-order valence-electron chi connectivity index (χ3n) is 2.98. The summed E-state index contributed by atoms with van der Waals surface area (Å²) in [5.74, 6) is -1.04. The number of ether oxygens (including phenoxy) is 1. The van der Waals surface area contributed by atoms with Crippen molar-refractivity contribution in [3.8, 4) is 5.75 Å². The van der Waals surface area contributed by atoms with Gasteiger partial charge in [0, 0.05) is 31.7 Å². The molecule has 0 atom stereocenters. The monoisotopic (exact) mass is 305 g/mol. The average Bonchev–Trinajstić information content (AvgIpc) is 2.45. The topological polar surface area (TPSA) is 73.8 Å². The molecule has 1 aliphatic heterocycles. The summed E-state index contributed by atoms with van der Waals surface area (Å²) in [6, 6.07) is 3.43. The van der Waals surface area contributed by atoms with Crippen LogP contribution in [0.3, 0.4) is 0 Å². The molecule has 0 aliphatic carbocycles. The van der Waals surface area contributed by atoms with Gasteiger partial charge in [0.05, 0.1) is 0 Å². The molecular formula is C12H14F3N3O3. The van der Waals surface area contributed by atoms with E-state index in [1.165, 1.54) is 11.0 Å². The number of amides is 1. The maximum Gasteiger partial charge on any atom is 0.573 e. The lowest BCUT2D eigenvalue weighted by Crippen LogP contribution is -2.46. The Morgan fingerprint density at radius 2 is 2.00 bits per heavy atom. The minimum atomic E-state index is -4.91. The second kappa shape index (κ2) is 6.19. The van der Waals surface area contributed by atoms with Gasteiger partial charge in [0.2, 0.25) is 0 Å². The fraction of sp³-hybridized carbons (Fsp3) is 0.417. The summed E-state index contributed by atoms with van der Waals surface area (Å²) in [6.07, 6.45) is -4.91. The predicted octanol–water partition coefficient (Wildman–Crippen LogP) is 1.43. The molecular weight excluding hydrogens is 291 g/mol. The number of rotatable bonds is 3. The summed E-state index contributed by atoms with van der Waals surface area (Å²) in [5, 5.41) is 11.9. The van der Waals surface area contributed by atoms with Gasteiger partial charge in [-0.15, -0.1) is 13.2 Å². The summed E-state index contributed by atoms with van der Waals surface area (Å²) >= 11 is 0. The zero-order chi connectivity index (χ0) is 15.5. The SMILES string of the molecule is O=C(c1ccc(NO)c(OC(F)(F)F)c1)N1CCNCC1. The Hall–Kier alpha value is -2.00. The molecule has 1 amide bonds. The van der Waals surface area contributed by atoms with Gasteiger partial charge in [-0.1, -0.05) is 0 Å². The normalized spacial score (nSPS) is 15.7. The Morgan fingerprint density at radius 1 is 1.33 bits per heavy atom. The van der Waals surface area contributed by atoms with Crippen molar-refractivity contribution in [1.29, 1.82) is 0 Å². The van der Waals surface area contributed by atoms with Gasteiger partial charge >= 0.3 is 6.36 Å². The Labute approximate surface area is 118 Å². The Kier molecular flexibility index (Phi) is 4.53. The summed E-state index contributed by atoms with van der Waals surface area (Å²) in [7, 11) is 0. The van der Waals surface area contributed by atoms with Crippen molar-refractivity contribution < 1.29 is 27.9 Å². The van der Waals surface area contributed by atoms with Crippen LogP contribution in [0.5, 0.6) is 5.75 Å². The van der Waals surface area contributed by atoms with E-state index < -0.39 is 12.1 Å². The van der Waals surface area contributed by atoms with Gasteiger partial charge in [-0.25, -0.2) is 0 Å². The molecule has 0 unspecified atom stereocenters. The highest BCUT2D eigenvalue weighted by molar-refractivity contribution is 5.95. The molecule has 1 aromatic carbocycles. The largest absolute Gasteiger partial charge is 0.573 e. The van der Waals surface area contributed by atoms with Crippen LogP contribution in [0.2, 0.25) is 0 Å². The van der Waals surface area contributed by atoms with E-state index in [0.717, 1.165) is 12.1 Å². The maximum absolute atomic E-state index is 12.3. The fourth-order valence-corrected chi connectivity index (χ4v) is 2.01. The molecule has 116 valence electrons. The van der Waals surface area contributed by atoms with Gasteiger partial charge in [0.25, 0.3) is 5.91 Å². The highest BCUT2D eigenvalue weighted by Gasteiger charge is 2.32. The number of halogens is 3. The second-order valence-electron chi connectivity index (χ2n) is 4.41. The minimum absolute atomic E-state index is 0.0650. The maximum atomic E-state index is 12.3. The van der Waals surface area contributed by atoms with E-state index in [-0.39, 0.29) is 17.2 Å². The highest BCUT2D eigenvalue weighted by atomic mass is 19.4. The van der Waals surface area contributed by atoms with Crippen LogP contribution in [0.4, 0.5) is 18.9 Å². The van der Waals surface area contributed by atoms with Crippen LogP contribution in [-0.2, 0) is 0 Å². The first kappa shape index (κ1) is 15.4. The van der Waals surface area contributed by atoms with Crippen molar-refractivity contribution in [2.75, 3.05) is 31.7 Å². The number of piperazine rings is 1. The first-order valence-corrected chi connectivity index (χ1v) is 6.20. The molecule has 0 bridgehead atoms. The molecule has 1 fully saturated rings. The van der Waals surface area contributed by atoms with Crippen LogP contribution in [0.1, 0.15) is 10.4 Å². The first-order chi connectivity index (χ1) is 9.90. The molecule has 0 spiro atoms. The minimum Gasteiger partial charge on any atom is -0.403 e. The molecule has 21 heavy (non-hydrogen) atoms. The van der Waals surface area contributed by atoms with Gasteiger partial charge in [-0.3, -0.25) is 15.5 Å². The van der Waals surface area contributed by atoms with Crippen molar-refractivity contribution in [2.24, 2.45) is 0 Å². The third-order valence-corrected chi connectivity index (χ3v) is 2.98. The van der Waals surface area contributed by atoms with Gasteiger partial charge < -0.3 is 15.0 Å². The average molecular weight is 305 g/mol. The molecule has 1 aromatic rings. The number of carbonyl (C=O) groups excluding carboxylic acids is 1. The number of alkyl halides is 3. The van der Waals surface area contributed by atoms with E-state index in [1.807, 2.05) is 0 Å². The Balaban J connectivity index is 2.23. The summed E-state index contributed by atoms with van der Waals surface area (Å²) in [5.41, 5.74) is 1.39. The lowest BCUT2D eigenvalue weighted by Gasteiger charge is -2.27. The van der Waals surface area contributed by atoms with Crippen LogP contribution in [0.15, 0.2) is 18.2 Å². The number of nitrogens with one attached hydrogen (secondary N) is 2. The molecule has 6 nitrogen and oxygen atoms in total. The predicted molar refractivity (Wildman–Crippen MR) is 67.3 cm³/mol. The number of carbonyl (C=O) groups is 1. The van der Waals surface area contributed by atoms with E-state index in [4.69, 9.17) is 5.21 Å². The molecule has 3 N–H and O–H groups in total. The molecule has 1 heterocycles. The molecule has 0 saturated carbocycles. The van der Waals surface area contributed by atoms with Crippen LogP contribution < -0.4 is 15.5 Å². The van der Waals surface area contributed by atoms with Crippen LogP contribution in [0, 0.1) is 0 Å². The highest BCUT2D eigenvalue weighted by Crippen LogP contribution is 2.31. The van der Waals surface area contributed by atoms with E-state index in [0.29, 0.717) is 26.2 Å².